The van der Waals surface area contributed by atoms with Gasteiger partial charge < -0.3 is 0 Å². The average molecular weight is 243 g/mol. The molecular formula is C11H12BrF. The van der Waals surface area contributed by atoms with Crippen LogP contribution in [-0.2, 0) is 6.42 Å². The molecule has 1 aromatic carbocycles. The van der Waals surface area contributed by atoms with Crippen molar-refractivity contribution in [3.63, 3.8) is 0 Å². The van der Waals surface area contributed by atoms with Gasteiger partial charge in [-0.05, 0) is 48.1 Å². The molecule has 0 saturated carbocycles. The zero-order valence-corrected chi connectivity index (χ0v) is 9.36. The molecule has 70 valence electrons. The summed E-state index contributed by atoms with van der Waals surface area (Å²) in [7, 11) is 0. The van der Waals surface area contributed by atoms with Crippen molar-refractivity contribution >= 4 is 15.9 Å². The molecule has 0 amide bonds. The molecule has 0 radical (unpaired) electrons. The number of fused-ring (bicyclic) bond motifs is 1. The highest BCUT2D eigenvalue weighted by atomic mass is 79.9. The number of halogens is 2. The first kappa shape index (κ1) is 9.20. The van der Waals surface area contributed by atoms with Gasteiger partial charge in [0.1, 0.15) is 5.82 Å². The Morgan fingerprint density at radius 1 is 1.46 bits per heavy atom. The van der Waals surface area contributed by atoms with Gasteiger partial charge in [0.05, 0.1) is 0 Å². The largest absolute Gasteiger partial charge is 0.207 e. The van der Waals surface area contributed by atoms with Gasteiger partial charge in [-0.15, -0.1) is 0 Å². The van der Waals surface area contributed by atoms with Crippen molar-refractivity contribution in [1.29, 1.82) is 0 Å². The lowest BCUT2D eigenvalue weighted by atomic mass is 10.0. The van der Waals surface area contributed by atoms with E-state index in [2.05, 4.69) is 22.9 Å². The maximum absolute atomic E-state index is 13.1. The summed E-state index contributed by atoms with van der Waals surface area (Å²) in [6, 6.07) is 3.28. The van der Waals surface area contributed by atoms with Gasteiger partial charge in [-0.3, -0.25) is 0 Å². The normalized spacial score (nSPS) is 26.2. The van der Waals surface area contributed by atoms with Crippen molar-refractivity contribution in [3.05, 3.63) is 34.6 Å². The second kappa shape index (κ2) is 3.09. The van der Waals surface area contributed by atoms with Gasteiger partial charge in [0.25, 0.3) is 0 Å². The zero-order valence-electron chi connectivity index (χ0n) is 7.77. The summed E-state index contributed by atoms with van der Waals surface area (Å²) in [5.74, 6) is 0.463. The lowest BCUT2D eigenvalue weighted by molar-refractivity contribution is 0.615. The standard InChI is InChI=1S/C11H12BrF/c1-6-3-8(13)5-10-9(6)4-7(2)11(10)12/h3,5,7,11H,4H2,1-2H3. The van der Waals surface area contributed by atoms with E-state index in [0.29, 0.717) is 10.7 Å². The van der Waals surface area contributed by atoms with Crippen molar-refractivity contribution < 1.29 is 4.39 Å². The van der Waals surface area contributed by atoms with Crippen LogP contribution >= 0.6 is 15.9 Å². The quantitative estimate of drug-likeness (QED) is 0.608. The lowest BCUT2D eigenvalue weighted by Crippen LogP contribution is -1.94. The van der Waals surface area contributed by atoms with Crippen molar-refractivity contribution in [2.24, 2.45) is 5.92 Å². The van der Waals surface area contributed by atoms with Crippen LogP contribution in [0.2, 0.25) is 0 Å². The van der Waals surface area contributed by atoms with Crippen LogP contribution in [0, 0.1) is 18.7 Å². The van der Waals surface area contributed by atoms with Crippen LogP contribution in [0.3, 0.4) is 0 Å². The SMILES string of the molecule is Cc1cc(F)cc2c1CC(C)C2Br. The number of alkyl halides is 1. The molecule has 1 aromatic rings. The molecule has 0 aromatic heterocycles. The molecule has 0 bridgehead atoms. The molecule has 0 N–H and O–H groups in total. The molecule has 1 aliphatic rings. The van der Waals surface area contributed by atoms with Gasteiger partial charge in [0.2, 0.25) is 0 Å². The Labute approximate surface area is 86.3 Å². The summed E-state index contributed by atoms with van der Waals surface area (Å²) in [6.07, 6.45) is 1.07. The summed E-state index contributed by atoms with van der Waals surface area (Å²) in [6.45, 7) is 4.18. The van der Waals surface area contributed by atoms with Crippen LogP contribution in [0.5, 0.6) is 0 Å². The van der Waals surface area contributed by atoms with E-state index < -0.39 is 0 Å². The Hall–Kier alpha value is -0.370. The molecule has 0 heterocycles. The predicted octanol–water partition coefficient (Wildman–Crippen LogP) is 3.76. The predicted molar refractivity (Wildman–Crippen MR) is 55.7 cm³/mol. The highest BCUT2D eigenvalue weighted by molar-refractivity contribution is 9.09. The monoisotopic (exact) mass is 242 g/mol. The fourth-order valence-electron chi connectivity index (χ4n) is 2.06. The van der Waals surface area contributed by atoms with Crippen molar-refractivity contribution in [2.75, 3.05) is 0 Å². The Morgan fingerprint density at radius 2 is 2.15 bits per heavy atom. The molecule has 0 nitrogen and oxygen atoms in total. The van der Waals surface area contributed by atoms with E-state index in [4.69, 9.17) is 0 Å². The molecule has 2 atom stereocenters. The summed E-state index contributed by atoms with van der Waals surface area (Å²) >= 11 is 3.60. The molecular weight excluding hydrogens is 231 g/mol. The second-order valence-electron chi connectivity index (χ2n) is 3.87. The maximum Gasteiger partial charge on any atom is 0.123 e. The van der Waals surface area contributed by atoms with Gasteiger partial charge in [-0.2, -0.15) is 0 Å². The summed E-state index contributed by atoms with van der Waals surface area (Å²) in [5.41, 5.74) is 3.56. The average Bonchev–Trinajstić information content (AvgIpc) is 2.32. The van der Waals surface area contributed by atoms with Gasteiger partial charge in [0, 0.05) is 4.83 Å². The molecule has 2 heteroatoms. The fourth-order valence-corrected chi connectivity index (χ4v) is 2.65. The van der Waals surface area contributed by atoms with E-state index in [9.17, 15) is 4.39 Å². The number of rotatable bonds is 0. The molecule has 0 spiro atoms. The van der Waals surface area contributed by atoms with Gasteiger partial charge in [-0.1, -0.05) is 22.9 Å². The molecule has 2 rings (SSSR count). The van der Waals surface area contributed by atoms with Gasteiger partial charge in [-0.25, -0.2) is 4.39 Å². The number of hydrogen-bond donors (Lipinski definition) is 0. The van der Waals surface area contributed by atoms with E-state index >= 15 is 0 Å². The third-order valence-electron chi connectivity index (χ3n) is 2.80. The Kier molecular flexibility index (Phi) is 2.18. The summed E-state index contributed by atoms with van der Waals surface area (Å²) in [4.78, 5) is 0.330. The van der Waals surface area contributed by atoms with E-state index in [0.717, 1.165) is 17.5 Å². The molecule has 0 saturated heterocycles. The van der Waals surface area contributed by atoms with E-state index in [-0.39, 0.29) is 5.82 Å². The minimum absolute atomic E-state index is 0.116. The highest BCUT2D eigenvalue weighted by Crippen LogP contribution is 2.43. The molecule has 0 fully saturated rings. The minimum Gasteiger partial charge on any atom is -0.207 e. The topological polar surface area (TPSA) is 0 Å². The van der Waals surface area contributed by atoms with Crippen molar-refractivity contribution in [3.8, 4) is 0 Å². The molecule has 0 aliphatic heterocycles. The van der Waals surface area contributed by atoms with Crippen LogP contribution in [0.1, 0.15) is 28.4 Å². The molecule has 1 aliphatic carbocycles. The number of benzene rings is 1. The van der Waals surface area contributed by atoms with Crippen molar-refractivity contribution in [2.45, 2.75) is 25.1 Å². The Balaban J connectivity index is 2.57. The first-order valence-corrected chi connectivity index (χ1v) is 5.44. The maximum atomic E-state index is 13.1. The Bertz CT molecular complexity index is 346. The Morgan fingerprint density at radius 3 is 2.85 bits per heavy atom. The minimum atomic E-state index is -0.116. The molecule has 13 heavy (non-hydrogen) atoms. The van der Waals surface area contributed by atoms with Crippen molar-refractivity contribution in [1.82, 2.24) is 0 Å². The highest BCUT2D eigenvalue weighted by Gasteiger charge is 2.28. The second-order valence-corrected chi connectivity index (χ2v) is 4.86. The van der Waals surface area contributed by atoms with Crippen LogP contribution in [-0.4, -0.2) is 0 Å². The summed E-state index contributed by atoms with van der Waals surface area (Å²) < 4.78 is 13.1. The van der Waals surface area contributed by atoms with Crippen LogP contribution < -0.4 is 0 Å². The smallest absolute Gasteiger partial charge is 0.123 e. The number of hydrogen-bond acceptors (Lipinski definition) is 0. The zero-order chi connectivity index (χ0) is 9.59. The third kappa shape index (κ3) is 1.41. The van der Waals surface area contributed by atoms with E-state index in [1.165, 1.54) is 5.56 Å². The first-order chi connectivity index (χ1) is 6.09. The van der Waals surface area contributed by atoms with Gasteiger partial charge in [0.15, 0.2) is 0 Å². The summed E-state index contributed by atoms with van der Waals surface area (Å²) in [5, 5.41) is 0. The fraction of sp³-hybridized carbons (Fsp3) is 0.455. The van der Waals surface area contributed by atoms with Crippen LogP contribution in [0.25, 0.3) is 0 Å². The van der Waals surface area contributed by atoms with E-state index in [1.54, 1.807) is 12.1 Å². The molecule has 2 unspecified atom stereocenters. The lowest BCUT2D eigenvalue weighted by Gasteiger charge is -2.07. The van der Waals surface area contributed by atoms with E-state index in [1.807, 2.05) is 6.92 Å². The number of aryl methyl sites for hydroxylation is 1. The third-order valence-corrected chi connectivity index (χ3v) is 4.19. The van der Waals surface area contributed by atoms with Crippen LogP contribution in [0.15, 0.2) is 12.1 Å². The van der Waals surface area contributed by atoms with Gasteiger partial charge >= 0.3 is 0 Å². The van der Waals surface area contributed by atoms with Crippen LogP contribution in [0.4, 0.5) is 4.39 Å². The first-order valence-electron chi connectivity index (χ1n) is 4.52.